The van der Waals surface area contributed by atoms with E-state index < -0.39 is 11.5 Å². The number of nitrogens with zero attached hydrogens (tertiary/aromatic N) is 1. The van der Waals surface area contributed by atoms with Gasteiger partial charge in [-0.2, -0.15) is 0 Å². The summed E-state index contributed by atoms with van der Waals surface area (Å²) in [6.45, 7) is 0.803. The van der Waals surface area contributed by atoms with Gasteiger partial charge in [-0.15, -0.1) is 0 Å². The van der Waals surface area contributed by atoms with Gasteiger partial charge in [0.1, 0.15) is 11.3 Å². The van der Waals surface area contributed by atoms with Gasteiger partial charge in [-0.25, -0.2) is 0 Å². The van der Waals surface area contributed by atoms with Crippen molar-refractivity contribution >= 4 is 17.4 Å². The average Bonchev–Trinajstić information content (AvgIpc) is 3.52. The molecule has 4 unspecified atom stereocenters. The van der Waals surface area contributed by atoms with Crippen LogP contribution in [0.25, 0.3) is 0 Å². The molecule has 0 bridgehead atoms. The minimum absolute atomic E-state index is 0.0256. The van der Waals surface area contributed by atoms with Crippen molar-refractivity contribution < 1.29 is 14.3 Å². The van der Waals surface area contributed by atoms with Crippen molar-refractivity contribution in [3.05, 3.63) is 95.6 Å². The molecule has 1 N–H and O–H groups in total. The van der Waals surface area contributed by atoms with Gasteiger partial charge in [0.2, 0.25) is 5.91 Å². The number of nitrogens with one attached hydrogen (secondary N) is 1. The van der Waals surface area contributed by atoms with Gasteiger partial charge in [-0.3, -0.25) is 14.5 Å². The molecule has 0 aromatic heterocycles. The lowest BCUT2D eigenvalue weighted by Crippen LogP contribution is -2.52. The number of methoxy groups -OCH3 is 1. The number of benzene rings is 3. The van der Waals surface area contributed by atoms with Crippen molar-refractivity contribution in [2.45, 2.75) is 30.3 Å². The maximum absolute atomic E-state index is 14.3. The van der Waals surface area contributed by atoms with E-state index in [-0.39, 0.29) is 23.7 Å². The molecular weight excluding hydrogens is 412 g/mol. The average molecular weight is 439 g/mol. The van der Waals surface area contributed by atoms with Gasteiger partial charge in [0, 0.05) is 28.8 Å². The smallest absolute Gasteiger partial charge is 0.250 e. The Kier molecular flexibility index (Phi) is 4.63. The van der Waals surface area contributed by atoms with Crippen LogP contribution in [0.2, 0.25) is 0 Å². The largest absolute Gasteiger partial charge is 0.497 e. The summed E-state index contributed by atoms with van der Waals surface area (Å²) >= 11 is 0. The first-order valence-electron chi connectivity index (χ1n) is 11.6. The van der Waals surface area contributed by atoms with Gasteiger partial charge in [0.25, 0.3) is 0 Å². The molecule has 33 heavy (non-hydrogen) atoms. The molecule has 2 saturated heterocycles. The summed E-state index contributed by atoms with van der Waals surface area (Å²) in [6, 6.07) is 25.4. The summed E-state index contributed by atoms with van der Waals surface area (Å²) in [5.74, 6) is 0.105. The molecule has 1 amide bonds. The molecule has 166 valence electrons. The third kappa shape index (κ3) is 2.75. The molecule has 3 aliphatic rings. The number of Topliss-reactive ketones (excluding diaryl/α,β-unsaturated/α-hetero) is 1. The van der Waals surface area contributed by atoms with E-state index in [4.69, 9.17) is 4.74 Å². The minimum atomic E-state index is -1.00. The van der Waals surface area contributed by atoms with E-state index in [0.717, 1.165) is 42.0 Å². The number of para-hydroxylation sites is 1. The SMILES string of the molecule is COc1ccc(C2C3CCCN3C3(C(=O)Nc4ccccc43)C2C(=O)c2ccccc2)cc1. The zero-order valence-electron chi connectivity index (χ0n) is 18.5. The molecule has 6 rings (SSSR count). The molecule has 4 atom stereocenters. The maximum Gasteiger partial charge on any atom is 0.250 e. The first-order valence-corrected chi connectivity index (χ1v) is 11.6. The molecule has 3 aromatic rings. The molecule has 2 fully saturated rings. The van der Waals surface area contributed by atoms with E-state index in [9.17, 15) is 9.59 Å². The van der Waals surface area contributed by atoms with Crippen molar-refractivity contribution in [1.29, 1.82) is 0 Å². The first kappa shape index (κ1) is 20.2. The number of hydrogen-bond acceptors (Lipinski definition) is 4. The monoisotopic (exact) mass is 438 g/mol. The lowest BCUT2D eigenvalue weighted by atomic mass is 9.69. The van der Waals surface area contributed by atoms with Crippen LogP contribution in [0.15, 0.2) is 78.9 Å². The summed E-state index contributed by atoms with van der Waals surface area (Å²) in [6.07, 6.45) is 1.98. The number of rotatable bonds is 4. The van der Waals surface area contributed by atoms with Gasteiger partial charge in [0.15, 0.2) is 5.78 Å². The van der Waals surface area contributed by atoms with Crippen LogP contribution in [0.1, 0.15) is 40.2 Å². The highest BCUT2D eigenvalue weighted by Gasteiger charge is 2.69. The van der Waals surface area contributed by atoms with Crippen LogP contribution in [-0.4, -0.2) is 36.3 Å². The molecule has 0 radical (unpaired) electrons. The fraction of sp³-hybridized carbons (Fsp3) is 0.286. The van der Waals surface area contributed by atoms with Crippen LogP contribution in [0.4, 0.5) is 5.69 Å². The number of carbonyl (C=O) groups is 2. The number of hydrogen-bond donors (Lipinski definition) is 1. The van der Waals surface area contributed by atoms with Crippen molar-refractivity contribution in [3.8, 4) is 5.75 Å². The topological polar surface area (TPSA) is 58.6 Å². The van der Waals surface area contributed by atoms with Crippen molar-refractivity contribution in [2.24, 2.45) is 5.92 Å². The Morgan fingerprint density at radius 2 is 1.73 bits per heavy atom. The quantitative estimate of drug-likeness (QED) is 0.605. The number of amides is 1. The van der Waals surface area contributed by atoms with Crippen LogP contribution < -0.4 is 10.1 Å². The van der Waals surface area contributed by atoms with Crippen LogP contribution in [-0.2, 0) is 10.3 Å². The zero-order valence-corrected chi connectivity index (χ0v) is 18.5. The number of ether oxygens (including phenoxy) is 1. The minimum Gasteiger partial charge on any atom is -0.497 e. The van der Waals surface area contributed by atoms with E-state index in [1.807, 2.05) is 66.7 Å². The number of fused-ring (bicyclic) bond motifs is 4. The van der Waals surface area contributed by atoms with Crippen LogP contribution in [0.5, 0.6) is 5.75 Å². The van der Waals surface area contributed by atoms with E-state index in [2.05, 4.69) is 22.3 Å². The molecule has 3 heterocycles. The second-order valence-electron chi connectivity index (χ2n) is 9.18. The summed E-state index contributed by atoms with van der Waals surface area (Å²) in [4.78, 5) is 30.5. The Hall–Kier alpha value is -3.44. The second kappa shape index (κ2) is 7.56. The zero-order chi connectivity index (χ0) is 22.6. The summed E-state index contributed by atoms with van der Waals surface area (Å²) in [5, 5.41) is 3.12. The molecule has 5 nitrogen and oxygen atoms in total. The standard InChI is InChI=1S/C28H26N2O3/c1-33-20-15-13-18(14-16-20)24-23-12-7-17-30(23)28(21-10-5-6-11-22(21)29-27(28)32)25(24)26(31)19-8-3-2-4-9-19/h2-6,8-11,13-16,23-25H,7,12,17H2,1H3,(H,29,32). The fourth-order valence-electron chi connectivity index (χ4n) is 6.50. The lowest BCUT2D eigenvalue weighted by molar-refractivity contribution is -0.127. The van der Waals surface area contributed by atoms with Crippen molar-refractivity contribution in [2.75, 3.05) is 19.0 Å². The first-order chi connectivity index (χ1) is 16.2. The molecule has 0 saturated carbocycles. The maximum atomic E-state index is 14.3. The number of ketones is 1. The summed E-state index contributed by atoms with van der Waals surface area (Å²) in [5.41, 5.74) is 2.46. The van der Waals surface area contributed by atoms with E-state index >= 15 is 0 Å². The van der Waals surface area contributed by atoms with Crippen LogP contribution in [0.3, 0.4) is 0 Å². The molecule has 1 spiro atoms. The highest BCUT2D eigenvalue weighted by atomic mass is 16.5. The van der Waals surface area contributed by atoms with Crippen molar-refractivity contribution in [1.82, 2.24) is 4.90 Å². The van der Waals surface area contributed by atoms with Gasteiger partial charge in [-0.1, -0.05) is 60.7 Å². The van der Waals surface area contributed by atoms with E-state index in [0.29, 0.717) is 5.56 Å². The normalized spacial score (nSPS) is 27.9. The highest BCUT2D eigenvalue weighted by molar-refractivity contribution is 6.12. The Morgan fingerprint density at radius 3 is 2.48 bits per heavy atom. The third-order valence-electron chi connectivity index (χ3n) is 7.75. The lowest BCUT2D eigenvalue weighted by Gasteiger charge is -2.36. The molecule has 3 aliphatic heterocycles. The van der Waals surface area contributed by atoms with Gasteiger partial charge in [-0.05, 0) is 43.1 Å². The van der Waals surface area contributed by atoms with Gasteiger partial charge in [0.05, 0.1) is 13.0 Å². The Morgan fingerprint density at radius 1 is 1.00 bits per heavy atom. The summed E-state index contributed by atoms with van der Waals surface area (Å²) < 4.78 is 5.38. The highest BCUT2D eigenvalue weighted by Crippen LogP contribution is 2.61. The second-order valence-corrected chi connectivity index (χ2v) is 9.18. The van der Waals surface area contributed by atoms with Gasteiger partial charge >= 0.3 is 0 Å². The molecule has 0 aliphatic carbocycles. The Balaban J connectivity index is 1.60. The third-order valence-corrected chi connectivity index (χ3v) is 7.75. The van der Waals surface area contributed by atoms with Gasteiger partial charge < -0.3 is 10.1 Å². The van der Waals surface area contributed by atoms with Crippen LogP contribution in [0, 0.1) is 5.92 Å². The van der Waals surface area contributed by atoms with Crippen molar-refractivity contribution in [3.63, 3.8) is 0 Å². The predicted octanol–water partition coefficient (Wildman–Crippen LogP) is 4.60. The molecule has 5 heteroatoms. The summed E-state index contributed by atoms with van der Waals surface area (Å²) in [7, 11) is 1.65. The fourth-order valence-corrected chi connectivity index (χ4v) is 6.50. The van der Waals surface area contributed by atoms with E-state index in [1.165, 1.54) is 0 Å². The Labute approximate surface area is 193 Å². The van der Waals surface area contributed by atoms with Crippen LogP contribution >= 0.6 is 0 Å². The van der Waals surface area contributed by atoms with E-state index in [1.54, 1.807) is 7.11 Å². The number of carbonyl (C=O) groups excluding carboxylic acids is 2. The number of anilines is 1. The predicted molar refractivity (Wildman–Crippen MR) is 126 cm³/mol. The Bertz CT molecular complexity index is 1220. The molecular formula is C28H26N2O3. The molecule has 3 aromatic carbocycles.